The van der Waals surface area contributed by atoms with Crippen LogP contribution in [0.25, 0.3) is 0 Å². The topological polar surface area (TPSA) is 69.6 Å². The number of benzene rings is 1. The Hall–Kier alpha value is -2.96. The van der Waals surface area contributed by atoms with Crippen LogP contribution in [0.15, 0.2) is 42.7 Å². The van der Waals surface area contributed by atoms with E-state index in [4.69, 9.17) is 0 Å². The van der Waals surface area contributed by atoms with E-state index in [-0.39, 0.29) is 11.8 Å². The number of carbonyl (C=O) groups is 2. The summed E-state index contributed by atoms with van der Waals surface area (Å²) in [6, 6.07) is 9.95. The Labute approximate surface area is 153 Å². The number of piperazine rings is 1. The lowest BCUT2D eigenvalue weighted by molar-refractivity contribution is -0.130. The molecule has 3 rings (SSSR count). The molecular formula is C19H23N5O2. The molecule has 0 bridgehead atoms. The number of amides is 2. The number of rotatable bonds is 4. The molecule has 0 atom stereocenters. The maximum Gasteiger partial charge on any atom is 0.274 e. The van der Waals surface area contributed by atoms with Crippen LogP contribution < -0.4 is 4.90 Å². The fourth-order valence-electron chi connectivity index (χ4n) is 3.04. The minimum atomic E-state index is -0.144. The van der Waals surface area contributed by atoms with Gasteiger partial charge in [-0.15, -0.1) is 0 Å². The molecule has 1 aromatic heterocycles. The van der Waals surface area contributed by atoms with Gasteiger partial charge in [-0.05, 0) is 19.1 Å². The predicted octanol–water partition coefficient (Wildman–Crippen LogP) is 1.94. The van der Waals surface area contributed by atoms with Crippen LogP contribution >= 0.6 is 0 Å². The smallest absolute Gasteiger partial charge is 0.274 e. The normalized spacial score (nSPS) is 14.2. The summed E-state index contributed by atoms with van der Waals surface area (Å²) in [6.07, 6.45) is 3.16. The average Bonchev–Trinajstić information content (AvgIpc) is 2.69. The summed E-state index contributed by atoms with van der Waals surface area (Å²) in [6.45, 7) is 6.50. The molecule has 26 heavy (non-hydrogen) atoms. The monoisotopic (exact) mass is 353 g/mol. The summed E-state index contributed by atoms with van der Waals surface area (Å²) < 4.78 is 0. The molecular weight excluding hydrogens is 330 g/mol. The van der Waals surface area contributed by atoms with Gasteiger partial charge in [0.25, 0.3) is 5.91 Å². The van der Waals surface area contributed by atoms with Gasteiger partial charge in [-0.25, -0.2) is 9.97 Å². The van der Waals surface area contributed by atoms with Crippen LogP contribution in [0.1, 0.15) is 24.3 Å². The fraction of sp³-hybridized carbons (Fsp3) is 0.368. The molecule has 1 aromatic carbocycles. The van der Waals surface area contributed by atoms with Gasteiger partial charge in [-0.2, -0.15) is 0 Å². The molecule has 1 aliphatic rings. The van der Waals surface area contributed by atoms with E-state index < -0.39 is 0 Å². The third-order valence-electron chi connectivity index (χ3n) is 4.53. The summed E-state index contributed by atoms with van der Waals surface area (Å²) in [7, 11) is 0. The fourth-order valence-corrected chi connectivity index (χ4v) is 3.04. The van der Waals surface area contributed by atoms with Crippen LogP contribution in [0.3, 0.4) is 0 Å². The molecule has 0 aliphatic carbocycles. The Morgan fingerprint density at radius 2 is 1.65 bits per heavy atom. The number of carbonyl (C=O) groups excluding carboxylic acids is 2. The van der Waals surface area contributed by atoms with Crippen molar-refractivity contribution in [2.45, 2.75) is 13.8 Å². The minimum Gasteiger partial charge on any atom is -0.339 e. The molecule has 0 unspecified atom stereocenters. The van der Waals surface area contributed by atoms with Crippen molar-refractivity contribution >= 4 is 23.3 Å². The Bertz CT molecular complexity index is 755. The van der Waals surface area contributed by atoms with E-state index in [0.29, 0.717) is 37.7 Å². The lowest BCUT2D eigenvalue weighted by Crippen LogP contribution is -2.50. The number of hydrogen-bond acceptors (Lipinski definition) is 5. The van der Waals surface area contributed by atoms with Gasteiger partial charge in [0.2, 0.25) is 5.91 Å². The lowest BCUT2D eigenvalue weighted by Gasteiger charge is -2.34. The van der Waals surface area contributed by atoms with E-state index >= 15 is 0 Å². The molecule has 1 aliphatic heterocycles. The summed E-state index contributed by atoms with van der Waals surface area (Å²) in [4.78, 5) is 38.3. The predicted molar refractivity (Wildman–Crippen MR) is 99.3 cm³/mol. The molecule has 0 spiro atoms. The Morgan fingerprint density at radius 1 is 1.00 bits per heavy atom. The summed E-state index contributed by atoms with van der Waals surface area (Å²) >= 11 is 0. The first-order valence-electron chi connectivity index (χ1n) is 8.79. The second-order valence-electron chi connectivity index (χ2n) is 6.14. The van der Waals surface area contributed by atoms with Gasteiger partial charge < -0.3 is 14.7 Å². The van der Waals surface area contributed by atoms with Crippen LogP contribution in [-0.4, -0.2) is 64.3 Å². The zero-order chi connectivity index (χ0) is 18.5. The number of nitrogens with zero attached hydrogens (tertiary/aromatic N) is 5. The van der Waals surface area contributed by atoms with E-state index in [1.807, 2.05) is 42.2 Å². The van der Waals surface area contributed by atoms with Gasteiger partial charge in [0, 0.05) is 45.3 Å². The van der Waals surface area contributed by atoms with Gasteiger partial charge in [0.05, 0.1) is 12.4 Å². The quantitative estimate of drug-likeness (QED) is 0.840. The van der Waals surface area contributed by atoms with Gasteiger partial charge in [-0.3, -0.25) is 9.59 Å². The van der Waals surface area contributed by atoms with Crippen molar-refractivity contribution in [2.24, 2.45) is 0 Å². The Balaban J connectivity index is 1.69. The van der Waals surface area contributed by atoms with Crippen molar-refractivity contribution in [3.63, 3.8) is 0 Å². The first-order chi connectivity index (χ1) is 12.6. The Morgan fingerprint density at radius 3 is 2.19 bits per heavy atom. The second kappa shape index (κ2) is 7.95. The minimum absolute atomic E-state index is 0.0433. The molecule has 2 heterocycles. The van der Waals surface area contributed by atoms with Crippen LogP contribution in [0, 0.1) is 0 Å². The maximum atomic E-state index is 12.6. The molecule has 2 amide bonds. The van der Waals surface area contributed by atoms with Gasteiger partial charge in [-0.1, -0.05) is 18.2 Å². The zero-order valence-electron chi connectivity index (χ0n) is 15.1. The number of para-hydroxylation sites is 1. The average molecular weight is 353 g/mol. The maximum absolute atomic E-state index is 12.6. The first kappa shape index (κ1) is 17.8. The van der Waals surface area contributed by atoms with Crippen molar-refractivity contribution in [1.82, 2.24) is 19.8 Å². The molecule has 7 heteroatoms. The molecule has 0 N–H and O–H groups in total. The van der Waals surface area contributed by atoms with Gasteiger partial charge >= 0.3 is 0 Å². The van der Waals surface area contributed by atoms with Crippen molar-refractivity contribution in [2.75, 3.05) is 37.6 Å². The van der Waals surface area contributed by atoms with Crippen LogP contribution in [0.2, 0.25) is 0 Å². The number of hydrogen-bond donors (Lipinski definition) is 0. The van der Waals surface area contributed by atoms with Crippen molar-refractivity contribution in [3.8, 4) is 0 Å². The second-order valence-corrected chi connectivity index (χ2v) is 6.14. The standard InChI is InChI=1S/C19H23N5O2/c1-3-24(16-7-5-4-6-8-16)18-14-20-17(13-21-18)19(26)23-11-9-22(10-12-23)15(2)25/h4-8,13-14H,3,9-12H2,1-2H3. The molecule has 1 saturated heterocycles. The van der Waals surface area contributed by atoms with Crippen molar-refractivity contribution in [3.05, 3.63) is 48.4 Å². The highest BCUT2D eigenvalue weighted by molar-refractivity contribution is 5.92. The van der Waals surface area contributed by atoms with Crippen LogP contribution in [0.5, 0.6) is 0 Å². The third-order valence-corrected chi connectivity index (χ3v) is 4.53. The van der Waals surface area contributed by atoms with E-state index in [1.54, 1.807) is 22.9 Å². The molecule has 0 radical (unpaired) electrons. The van der Waals surface area contributed by atoms with Crippen LogP contribution in [-0.2, 0) is 4.79 Å². The highest BCUT2D eigenvalue weighted by Crippen LogP contribution is 2.22. The highest BCUT2D eigenvalue weighted by Gasteiger charge is 2.24. The number of anilines is 2. The van der Waals surface area contributed by atoms with E-state index in [9.17, 15) is 9.59 Å². The SMILES string of the molecule is CCN(c1ccccc1)c1cnc(C(=O)N2CCN(C(C)=O)CC2)cn1. The van der Waals surface area contributed by atoms with E-state index in [0.717, 1.165) is 12.2 Å². The molecule has 136 valence electrons. The largest absolute Gasteiger partial charge is 0.339 e. The van der Waals surface area contributed by atoms with Gasteiger partial charge in [0.15, 0.2) is 5.82 Å². The van der Waals surface area contributed by atoms with E-state index in [1.165, 1.54) is 6.20 Å². The number of aromatic nitrogens is 2. The Kier molecular flexibility index (Phi) is 5.46. The third kappa shape index (κ3) is 3.82. The molecule has 1 fully saturated rings. The molecule has 7 nitrogen and oxygen atoms in total. The van der Waals surface area contributed by atoms with Crippen molar-refractivity contribution in [1.29, 1.82) is 0 Å². The lowest BCUT2D eigenvalue weighted by atomic mass is 10.2. The van der Waals surface area contributed by atoms with Crippen LogP contribution in [0.4, 0.5) is 11.5 Å². The molecule has 2 aromatic rings. The summed E-state index contributed by atoms with van der Waals surface area (Å²) in [5, 5.41) is 0. The molecule has 0 saturated carbocycles. The summed E-state index contributed by atoms with van der Waals surface area (Å²) in [5.41, 5.74) is 1.36. The van der Waals surface area contributed by atoms with E-state index in [2.05, 4.69) is 9.97 Å². The highest BCUT2D eigenvalue weighted by atomic mass is 16.2. The zero-order valence-corrected chi connectivity index (χ0v) is 15.1. The van der Waals surface area contributed by atoms with Crippen molar-refractivity contribution < 1.29 is 9.59 Å². The first-order valence-corrected chi connectivity index (χ1v) is 8.79. The summed E-state index contributed by atoms with van der Waals surface area (Å²) in [5.74, 6) is 0.605. The van der Waals surface area contributed by atoms with Gasteiger partial charge in [0.1, 0.15) is 5.69 Å².